The van der Waals surface area contributed by atoms with E-state index < -0.39 is 0 Å². The van der Waals surface area contributed by atoms with Gasteiger partial charge in [0.05, 0.1) is 6.54 Å². The molecule has 2 rings (SSSR count). The summed E-state index contributed by atoms with van der Waals surface area (Å²) in [6.45, 7) is 1.45. The SMILES string of the molecule is COCCCNC(=O)CN(C)c1nccn2cnnc12. The van der Waals surface area contributed by atoms with Gasteiger partial charge in [-0.25, -0.2) is 4.98 Å². The van der Waals surface area contributed by atoms with Crippen molar-refractivity contribution in [2.45, 2.75) is 6.42 Å². The average molecular weight is 278 g/mol. The number of rotatable bonds is 7. The van der Waals surface area contributed by atoms with Crippen LogP contribution in [0.3, 0.4) is 0 Å². The number of methoxy groups -OCH3 is 1. The standard InChI is InChI=1S/C12H18N6O2/c1-17(8-10(19)13-4-3-7-20-2)11-12-16-15-9-18(12)6-5-14-11/h5-6,9H,3-4,7-8H2,1-2H3,(H,13,19). The number of nitrogens with zero attached hydrogens (tertiary/aromatic N) is 5. The number of carbonyl (C=O) groups is 1. The van der Waals surface area contributed by atoms with E-state index >= 15 is 0 Å². The summed E-state index contributed by atoms with van der Waals surface area (Å²) in [7, 11) is 3.44. The second-order valence-electron chi connectivity index (χ2n) is 4.37. The number of amides is 1. The van der Waals surface area contributed by atoms with Gasteiger partial charge in [0.25, 0.3) is 0 Å². The zero-order valence-electron chi connectivity index (χ0n) is 11.6. The quantitative estimate of drug-likeness (QED) is 0.701. The molecule has 108 valence electrons. The minimum Gasteiger partial charge on any atom is -0.385 e. The largest absolute Gasteiger partial charge is 0.385 e. The Labute approximate surface area is 116 Å². The van der Waals surface area contributed by atoms with Crippen molar-refractivity contribution in [2.75, 3.05) is 38.8 Å². The highest BCUT2D eigenvalue weighted by Crippen LogP contribution is 2.13. The predicted octanol–water partition coefficient (Wildman–Crippen LogP) is -0.287. The van der Waals surface area contributed by atoms with Crippen LogP contribution in [-0.2, 0) is 9.53 Å². The van der Waals surface area contributed by atoms with Crippen LogP contribution < -0.4 is 10.2 Å². The maximum absolute atomic E-state index is 11.8. The van der Waals surface area contributed by atoms with Crippen LogP contribution in [0.1, 0.15) is 6.42 Å². The van der Waals surface area contributed by atoms with E-state index in [0.29, 0.717) is 24.6 Å². The molecule has 0 aromatic carbocycles. The van der Waals surface area contributed by atoms with Crippen molar-refractivity contribution in [3.8, 4) is 0 Å². The average Bonchev–Trinajstić information content (AvgIpc) is 2.91. The summed E-state index contributed by atoms with van der Waals surface area (Å²) < 4.78 is 6.68. The normalized spacial score (nSPS) is 10.7. The summed E-state index contributed by atoms with van der Waals surface area (Å²) >= 11 is 0. The van der Waals surface area contributed by atoms with Crippen LogP contribution in [0.5, 0.6) is 0 Å². The van der Waals surface area contributed by atoms with E-state index in [-0.39, 0.29) is 12.5 Å². The number of carbonyl (C=O) groups excluding carboxylic acids is 1. The van der Waals surface area contributed by atoms with E-state index in [1.54, 1.807) is 42.2 Å². The van der Waals surface area contributed by atoms with Crippen LogP contribution in [0, 0.1) is 0 Å². The lowest BCUT2D eigenvalue weighted by molar-refractivity contribution is -0.119. The number of aromatic nitrogens is 4. The predicted molar refractivity (Wildman–Crippen MR) is 73.6 cm³/mol. The first-order chi connectivity index (χ1) is 9.72. The number of hydrogen-bond acceptors (Lipinski definition) is 6. The van der Waals surface area contributed by atoms with Gasteiger partial charge in [0.2, 0.25) is 11.6 Å². The Kier molecular flexibility index (Phi) is 4.83. The Morgan fingerprint density at radius 3 is 3.20 bits per heavy atom. The summed E-state index contributed by atoms with van der Waals surface area (Å²) in [4.78, 5) is 17.8. The van der Waals surface area contributed by atoms with Crippen molar-refractivity contribution in [2.24, 2.45) is 0 Å². The van der Waals surface area contributed by atoms with Gasteiger partial charge in [-0.3, -0.25) is 9.20 Å². The molecule has 0 aliphatic rings. The molecule has 2 heterocycles. The van der Waals surface area contributed by atoms with Crippen molar-refractivity contribution < 1.29 is 9.53 Å². The first-order valence-corrected chi connectivity index (χ1v) is 6.33. The summed E-state index contributed by atoms with van der Waals surface area (Å²) in [6, 6.07) is 0. The number of nitrogens with one attached hydrogen (secondary N) is 1. The molecule has 20 heavy (non-hydrogen) atoms. The van der Waals surface area contributed by atoms with Gasteiger partial charge in [-0.1, -0.05) is 0 Å². The Hall–Kier alpha value is -2.22. The molecule has 0 saturated carbocycles. The molecule has 0 radical (unpaired) electrons. The molecule has 2 aromatic heterocycles. The van der Waals surface area contributed by atoms with Crippen LogP contribution in [0.4, 0.5) is 5.82 Å². The van der Waals surface area contributed by atoms with E-state index in [2.05, 4.69) is 20.5 Å². The van der Waals surface area contributed by atoms with Gasteiger partial charge in [-0.2, -0.15) is 0 Å². The molecular weight excluding hydrogens is 260 g/mol. The van der Waals surface area contributed by atoms with Gasteiger partial charge in [-0.15, -0.1) is 10.2 Å². The van der Waals surface area contributed by atoms with Crippen LogP contribution in [-0.4, -0.2) is 59.3 Å². The third-order valence-electron chi connectivity index (χ3n) is 2.79. The maximum Gasteiger partial charge on any atom is 0.239 e. The number of fused-ring (bicyclic) bond motifs is 1. The van der Waals surface area contributed by atoms with Gasteiger partial charge in [0, 0.05) is 39.7 Å². The van der Waals surface area contributed by atoms with Crippen LogP contribution >= 0.6 is 0 Å². The van der Waals surface area contributed by atoms with Gasteiger partial charge in [0.1, 0.15) is 6.33 Å². The van der Waals surface area contributed by atoms with E-state index in [1.807, 2.05) is 0 Å². The summed E-state index contributed by atoms with van der Waals surface area (Å²) in [5.74, 6) is 0.559. The zero-order valence-corrected chi connectivity index (χ0v) is 11.6. The molecule has 0 unspecified atom stereocenters. The molecule has 0 fully saturated rings. The molecule has 1 amide bonds. The smallest absolute Gasteiger partial charge is 0.239 e. The van der Waals surface area contributed by atoms with E-state index in [9.17, 15) is 4.79 Å². The van der Waals surface area contributed by atoms with Gasteiger partial charge in [-0.05, 0) is 6.42 Å². The van der Waals surface area contributed by atoms with Crippen molar-refractivity contribution in [3.05, 3.63) is 18.7 Å². The molecule has 0 saturated heterocycles. The maximum atomic E-state index is 11.8. The van der Waals surface area contributed by atoms with Crippen molar-refractivity contribution in [1.29, 1.82) is 0 Å². The lowest BCUT2D eigenvalue weighted by Gasteiger charge is -2.17. The molecule has 0 aliphatic heterocycles. The summed E-state index contributed by atoms with van der Waals surface area (Å²) in [6.07, 6.45) is 5.80. The minimum absolute atomic E-state index is 0.0630. The molecule has 0 spiro atoms. The van der Waals surface area contributed by atoms with Gasteiger partial charge < -0.3 is 15.0 Å². The Balaban J connectivity index is 1.92. The highest BCUT2D eigenvalue weighted by molar-refractivity contribution is 5.82. The highest BCUT2D eigenvalue weighted by atomic mass is 16.5. The van der Waals surface area contributed by atoms with Crippen molar-refractivity contribution in [1.82, 2.24) is 24.9 Å². The van der Waals surface area contributed by atoms with E-state index in [1.165, 1.54) is 0 Å². The fourth-order valence-electron chi connectivity index (χ4n) is 1.81. The molecular formula is C12H18N6O2. The molecule has 8 heteroatoms. The third kappa shape index (κ3) is 3.41. The van der Waals surface area contributed by atoms with Crippen LogP contribution in [0.15, 0.2) is 18.7 Å². The molecule has 2 aromatic rings. The number of hydrogen-bond donors (Lipinski definition) is 1. The van der Waals surface area contributed by atoms with Crippen LogP contribution in [0.2, 0.25) is 0 Å². The van der Waals surface area contributed by atoms with Gasteiger partial charge >= 0.3 is 0 Å². The number of likely N-dealkylation sites (N-methyl/N-ethyl adjacent to an activating group) is 1. The molecule has 0 atom stereocenters. The first-order valence-electron chi connectivity index (χ1n) is 6.33. The fourth-order valence-corrected chi connectivity index (χ4v) is 1.81. The molecule has 0 bridgehead atoms. The van der Waals surface area contributed by atoms with Gasteiger partial charge in [0.15, 0.2) is 5.82 Å². The summed E-state index contributed by atoms with van der Waals surface area (Å²) in [5, 5.41) is 10.6. The fraction of sp³-hybridized carbons (Fsp3) is 0.500. The second kappa shape index (κ2) is 6.80. The molecule has 0 aliphatic carbocycles. The number of anilines is 1. The highest BCUT2D eigenvalue weighted by Gasteiger charge is 2.12. The monoisotopic (exact) mass is 278 g/mol. The van der Waals surface area contributed by atoms with E-state index in [0.717, 1.165) is 6.42 Å². The Morgan fingerprint density at radius 2 is 2.40 bits per heavy atom. The minimum atomic E-state index is -0.0630. The molecule has 8 nitrogen and oxygen atoms in total. The molecule has 1 N–H and O–H groups in total. The first kappa shape index (κ1) is 14.2. The lowest BCUT2D eigenvalue weighted by atomic mass is 10.4. The lowest BCUT2D eigenvalue weighted by Crippen LogP contribution is -2.36. The van der Waals surface area contributed by atoms with E-state index in [4.69, 9.17) is 4.74 Å². The Morgan fingerprint density at radius 1 is 1.55 bits per heavy atom. The topological polar surface area (TPSA) is 84.7 Å². The second-order valence-corrected chi connectivity index (χ2v) is 4.37. The summed E-state index contributed by atoms with van der Waals surface area (Å²) in [5.41, 5.74) is 0.627. The Bertz CT molecular complexity index is 570. The zero-order chi connectivity index (χ0) is 14.4. The van der Waals surface area contributed by atoms with Crippen molar-refractivity contribution in [3.63, 3.8) is 0 Å². The van der Waals surface area contributed by atoms with Crippen molar-refractivity contribution >= 4 is 17.4 Å². The number of ether oxygens (including phenoxy) is 1. The third-order valence-corrected chi connectivity index (χ3v) is 2.79. The van der Waals surface area contributed by atoms with Crippen LogP contribution in [0.25, 0.3) is 5.65 Å².